The average molecular weight is 350 g/mol. The summed E-state index contributed by atoms with van der Waals surface area (Å²) < 4.78 is 7.03. The van der Waals surface area contributed by atoms with Crippen molar-refractivity contribution < 1.29 is 9.52 Å². The maximum atomic E-state index is 9.30. The van der Waals surface area contributed by atoms with Crippen molar-refractivity contribution in [3.8, 4) is 11.3 Å². The number of nitrogens with zero attached hydrogens (tertiary/aromatic N) is 1. The van der Waals surface area contributed by atoms with E-state index in [1.807, 2.05) is 18.2 Å². The molecular weight excluding hydrogens is 330 g/mol. The Morgan fingerprint density at radius 2 is 2.00 bits per heavy atom. The first-order valence-corrected chi connectivity index (χ1v) is 8.22. The second kappa shape index (κ2) is 6.77. The fraction of sp³-hybridized carbons (Fsp3) is 0.412. The van der Waals surface area contributed by atoms with Crippen LogP contribution in [0.15, 0.2) is 45.3 Å². The highest BCUT2D eigenvalue weighted by molar-refractivity contribution is 9.10. The summed E-state index contributed by atoms with van der Waals surface area (Å²) >= 11 is 3.44. The normalized spacial score (nSPS) is 19.8. The van der Waals surface area contributed by atoms with Crippen LogP contribution in [0, 0.1) is 5.92 Å². The Morgan fingerprint density at radius 1 is 1.19 bits per heavy atom. The summed E-state index contributed by atoms with van der Waals surface area (Å²) in [6.45, 7) is 3.17. The Balaban J connectivity index is 1.66. The molecule has 0 radical (unpaired) electrons. The van der Waals surface area contributed by atoms with E-state index < -0.39 is 0 Å². The van der Waals surface area contributed by atoms with Crippen LogP contribution in [0.1, 0.15) is 18.6 Å². The predicted octanol–water partition coefficient (Wildman–Crippen LogP) is 3.91. The van der Waals surface area contributed by atoms with Crippen molar-refractivity contribution in [2.75, 3.05) is 19.7 Å². The molecule has 2 heterocycles. The molecule has 0 saturated carbocycles. The molecule has 1 atom stereocenters. The SMILES string of the molecule is OCC1CCCN(Cc2ccc(-c3ccc(Br)cc3)o2)C1. The van der Waals surface area contributed by atoms with E-state index in [4.69, 9.17) is 4.42 Å². The lowest BCUT2D eigenvalue weighted by atomic mass is 9.99. The Bertz CT molecular complexity index is 579. The maximum absolute atomic E-state index is 9.30. The summed E-state index contributed by atoms with van der Waals surface area (Å²) in [6, 6.07) is 12.2. The van der Waals surface area contributed by atoms with Gasteiger partial charge < -0.3 is 9.52 Å². The first-order chi connectivity index (χ1) is 10.2. The largest absolute Gasteiger partial charge is 0.460 e. The van der Waals surface area contributed by atoms with Gasteiger partial charge in [-0.3, -0.25) is 4.90 Å². The van der Waals surface area contributed by atoms with Crippen LogP contribution in [0.2, 0.25) is 0 Å². The molecule has 1 fully saturated rings. The molecule has 3 rings (SSSR count). The number of benzene rings is 1. The van der Waals surface area contributed by atoms with Gasteiger partial charge in [0.15, 0.2) is 0 Å². The molecule has 0 bridgehead atoms. The number of likely N-dealkylation sites (tertiary alicyclic amines) is 1. The van der Waals surface area contributed by atoms with E-state index in [9.17, 15) is 5.11 Å². The molecule has 1 aliphatic rings. The summed E-state index contributed by atoms with van der Waals surface area (Å²) in [5, 5.41) is 9.30. The molecule has 3 nitrogen and oxygen atoms in total. The minimum Gasteiger partial charge on any atom is -0.460 e. The molecule has 21 heavy (non-hydrogen) atoms. The van der Waals surface area contributed by atoms with Gasteiger partial charge in [0.1, 0.15) is 11.5 Å². The fourth-order valence-corrected chi connectivity index (χ4v) is 3.16. The van der Waals surface area contributed by atoms with Crippen molar-refractivity contribution in [3.05, 3.63) is 46.6 Å². The van der Waals surface area contributed by atoms with Gasteiger partial charge in [0.25, 0.3) is 0 Å². The molecule has 1 saturated heterocycles. The van der Waals surface area contributed by atoms with E-state index in [1.165, 1.54) is 0 Å². The quantitative estimate of drug-likeness (QED) is 0.908. The van der Waals surface area contributed by atoms with Crippen molar-refractivity contribution in [1.29, 1.82) is 0 Å². The number of furan rings is 1. The van der Waals surface area contributed by atoms with Crippen LogP contribution < -0.4 is 0 Å². The molecule has 2 aromatic rings. The number of hydrogen-bond acceptors (Lipinski definition) is 3. The number of halogens is 1. The summed E-state index contributed by atoms with van der Waals surface area (Å²) in [5.74, 6) is 2.32. The number of aliphatic hydroxyl groups excluding tert-OH is 1. The zero-order chi connectivity index (χ0) is 14.7. The lowest BCUT2D eigenvalue weighted by Crippen LogP contribution is -2.36. The third-order valence-electron chi connectivity index (χ3n) is 4.03. The summed E-state index contributed by atoms with van der Waals surface area (Å²) in [7, 11) is 0. The highest BCUT2D eigenvalue weighted by Gasteiger charge is 2.20. The van der Waals surface area contributed by atoms with Gasteiger partial charge in [-0.05, 0) is 49.6 Å². The van der Waals surface area contributed by atoms with Crippen LogP contribution in [0.5, 0.6) is 0 Å². The average Bonchev–Trinajstić information content (AvgIpc) is 2.96. The molecule has 0 aliphatic carbocycles. The molecule has 4 heteroatoms. The molecule has 1 aromatic carbocycles. The Kier molecular flexibility index (Phi) is 4.78. The monoisotopic (exact) mass is 349 g/mol. The molecule has 1 N–H and O–H groups in total. The van der Waals surface area contributed by atoms with E-state index in [2.05, 4.69) is 39.0 Å². The van der Waals surface area contributed by atoms with Crippen molar-refractivity contribution in [3.63, 3.8) is 0 Å². The minimum atomic E-state index is 0.290. The van der Waals surface area contributed by atoms with Crippen molar-refractivity contribution >= 4 is 15.9 Å². The highest BCUT2D eigenvalue weighted by atomic mass is 79.9. The zero-order valence-electron chi connectivity index (χ0n) is 12.0. The summed E-state index contributed by atoms with van der Waals surface area (Å²) in [4.78, 5) is 2.37. The van der Waals surface area contributed by atoms with Crippen LogP contribution >= 0.6 is 15.9 Å². The first-order valence-electron chi connectivity index (χ1n) is 7.42. The Hall–Kier alpha value is -1.10. The standard InChI is InChI=1S/C17H20BrNO2/c18-15-5-3-14(4-6-15)17-8-7-16(21-17)11-19-9-1-2-13(10-19)12-20/h3-8,13,20H,1-2,9-12H2. The van der Waals surface area contributed by atoms with Crippen LogP contribution in [-0.2, 0) is 6.54 Å². The zero-order valence-corrected chi connectivity index (χ0v) is 13.6. The van der Waals surface area contributed by atoms with E-state index in [1.54, 1.807) is 0 Å². The summed E-state index contributed by atoms with van der Waals surface area (Å²) in [6.07, 6.45) is 2.29. The van der Waals surface area contributed by atoms with Crippen LogP contribution in [-0.4, -0.2) is 29.7 Å². The molecule has 1 unspecified atom stereocenters. The molecule has 0 spiro atoms. The van der Waals surface area contributed by atoms with E-state index in [-0.39, 0.29) is 0 Å². The molecule has 1 aliphatic heterocycles. The van der Waals surface area contributed by atoms with Gasteiger partial charge in [0.05, 0.1) is 6.54 Å². The molecule has 112 valence electrons. The number of piperidine rings is 1. The third-order valence-corrected chi connectivity index (χ3v) is 4.56. The van der Waals surface area contributed by atoms with Crippen LogP contribution in [0.25, 0.3) is 11.3 Å². The molecule has 0 amide bonds. The van der Waals surface area contributed by atoms with Gasteiger partial charge in [0, 0.05) is 23.2 Å². The summed E-state index contributed by atoms with van der Waals surface area (Å²) in [5.41, 5.74) is 1.09. The molecular formula is C17H20BrNO2. The van der Waals surface area contributed by atoms with Crippen molar-refractivity contribution in [2.24, 2.45) is 5.92 Å². The van der Waals surface area contributed by atoms with Crippen molar-refractivity contribution in [2.45, 2.75) is 19.4 Å². The van der Waals surface area contributed by atoms with Gasteiger partial charge in [-0.1, -0.05) is 28.1 Å². The second-order valence-corrected chi connectivity index (χ2v) is 6.61. The second-order valence-electron chi connectivity index (χ2n) is 5.70. The Morgan fingerprint density at radius 3 is 2.76 bits per heavy atom. The van der Waals surface area contributed by atoms with Gasteiger partial charge in [-0.25, -0.2) is 0 Å². The number of hydrogen-bond donors (Lipinski definition) is 1. The number of aliphatic hydroxyl groups is 1. The van der Waals surface area contributed by atoms with Crippen LogP contribution in [0.4, 0.5) is 0 Å². The van der Waals surface area contributed by atoms with E-state index in [0.717, 1.165) is 54.0 Å². The lowest BCUT2D eigenvalue weighted by molar-refractivity contribution is 0.110. The smallest absolute Gasteiger partial charge is 0.134 e. The molecule has 1 aromatic heterocycles. The highest BCUT2D eigenvalue weighted by Crippen LogP contribution is 2.25. The van der Waals surface area contributed by atoms with Gasteiger partial charge in [-0.2, -0.15) is 0 Å². The van der Waals surface area contributed by atoms with Crippen LogP contribution in [0.3, 0.4) is 0 Å². The third kappa shape index (κ3) is 3.76. The van der Waals surface area contributed by atoms with E-state index >= 15 is 0 Å². The van der Waals surface area contributed by atoms with Gasteiger partial charge in [0.2, 0.25) is 0 Å². The fourth-order valence-electron chi connectivity index (χ4n) is 2.90. The van der Waals surface area contributed by atoms with E-state index in [0.29, 0.717) is 12.5 Å². The maximum Gasteiger partial charge on any atom is 0.134 e. The minimum absolute atomic E-state index is 0.290. The number of rotatable bonds is 4. The topological polar surface area (TPSA) is 36.6 Å². The predicted molar refractivity (Wildman–Crippen MR) is 86.9 cm³/mol. The lowest BCUT2D eigenvalue weighted by Gasteiger charge is -2.30. The van der Waals surface area contributed by atoms with Crippen molar-refractivity contribution in [1.82, 2.24) is 4.90 Å². The Labute approximate surface area is 133 Å². The van der Waals surface area contributed by atoms with Gasteiger partial charge >= 0.3 is 0 Å². The van der Waals surface area contributed by atoms with Gasteiger partial charge in [-0.15, -0.1) is 0 Å². The first kappa shape index (κ1) is 14.8.